The lowest BCUT2D eigenvalue weighted by Gasteiger charge is -2.06. The first kappa shape index (κ1) is 14.0. The van der Waals surface area contributed by atoms with Gasteiger partial charge in [-0.25, -0.2) is 4.79 Å². The van der Waals surface area contributed by atoms with Crippen molar-refractivity contribution in [2.45, 2.75) is 0 Å². The molecule has 0 radical (unpaired) electrons. The summed E-state index contributed by atoms with van der Waals surface area (Å²) in [6.45, 7) is 0. The van der Waals surface area contributed by atoms with Crippen LogP contribution in [0.2, 0.25) is 5.02 Å². The molecule has 0 amide bonds. The first-order chi connectivity index (χ1) is 10.5. The molecule has 3 aromatic rings. The molecule has 2 aromatic carbocycles. The van der Waals surface area contributed by atoms with Crippen molar-refractivity contribution in [3.63, 3.8) is 0 Å². The number of aromatic hydroxyl groups is 1. The average Bonchev–Trinajstić information content (AvgIpc) is 2.87. The van der Waals surface area contributed by atoms with Gasteiger partial charge in [0.25, 0.3) is 0 Å². The first-order valence-electron chi connectivity index (χ1n) is 6.19. The van der Waals surface area contributed by atoms with Crippen molar-refractivity contribution in [3.8, 4) is 22.9 Å². The molecular weight excluding hydrogens is 306 g/mol. The number of carbonyl (C=O) groups is 1. The summed E-state index contributed by atoms with van der Waals surface area (Å²) >= 11 is 6.03. The second-order valence-corrected chi connectivity index (χ2v) is 5.04. The van der Waals surface area contributed by atoms with Crippen LogP contribution in [0, 0.1) is 11.3 Å². The van der Waals surface area contributed by atoms with E-state index in [1.54, 1.807) is 12.1 Å². The zero-order valence-corrected chi connectivity index (χ0v) is 11.8. The maximum absolute atomic E-state index is 10.9. The van der Waals surface area contributed by atoms with E-state index in [2.05, 4.69) is 0 Å². The number of hydrogen-bond donors (Lipinski definition) is 2. The maximum atomic E-state index is 10.9. The number of benzene rings is 2. The van der Waals surface area contributed by atoms with E-state index >= 15 is 0 Å². The Morgan fingerprint density at radius 3 is 2.68 bits per heavy atom. The number of nitrogens with zero attached hydrogens (tertiary/aromatic N) is 1. The van der Waals surface area contributed by atoms with Gasteiger partial charge in [-0.05, 0) is 29.8 Å². The van der Waals surface area contributed by atoms with Crippen molar-refractivity contribution < 1.29 is 19.4 Å². The highest BCUT2D eigenvalue weighted by Crippen LogP contribution is 2.36. The standard InChI is InChI=1S/C16H8ClNO4/c17-13-7-22-15-11(3-8(6-18)4-12(13)15)9-1-2-10(16(20)21)14(19)5-9/h1-5,7,19H,(H,20,21). The van der Waals surface area contributed by atoms with Crippen LogP contribution in [0.25, 0.3) is 22.1 Å². The summed E-state index contributed by atoms with van der Waals surface area (Å²) in [7, 11) is 0. The molecule has 0 aliphatic carbocycles. The minimum absolute atomic E-state index is 0.200. The van der Waals surface area contributed by atoms with E-state index in [-0.39, 0.29) is 11.3 Å². The number of hydrogen-bond acceptors (Lipinski definition) is 4. The summed E-state index contributed by atoms with van der Waals surface area (Å²) < 4.78 is 5.41. The maximum Gasteiger partial charge on any atom is 0.339 e. The van der Waals surface area contributed by atoms with Gasteiger partial charge in [0.15, 0.2) is 0 Å². The SMILES string of the molecule is N#Cc1cc(-c2ccc(C(=O)O)c(O)c2)c2occ(Cl)c2c1. The lowest BCUT2D eigenvalue weighted by molar-refractivity contribution is 0.0694. The Morgan fingerprint density at radius 1 is 1.27 bits per heavy atom. The van der Waals surface area contributed by atoms with Gasteiger partial charge in [-0.1, -0.05) is 17.7 Å². The second kappa shape index (κ2) is 5.10. The van der Waals surface area contributed by atoms with E-state index in [1.807, 2.05) is 6.07 Å². The van der Waals surface area contributed by atoms with Crippen LogP contribution < -0.4 is 0 Å². The van der Waals surface area contributed by atoms with Crippen LogP contribution in [0.3, 0.4) is 0 Å². The van der Waals surface area contributed by atoms with E-state index < -0.39 is 5.97 Å². The van der Waals surface area contributed by atoms with Gasteiger partial charge in [0, 0.05) is 10.9 Å². The third kappa shape index (κ3) is 2.16. The van der Waals surface area contributed by atoms with E-state index in [0.29, 0.717) is 32.7 Å². The summed E-state index contributed by atoms with van der Waals surface area (Å²) in [5.74, 6) is -1.58. The van der Waals surface area contributed by atoms with Crippen LogP contribution in [0.1, 0.15) is 15.9 Å². The number of rotatable bonds is 2. The highest BCUT2D eigenvalue weighted by molar-refractivity contribution is 6.35. The predicted octanol–water partition coefficient (Wildman–Crippen LogP) is 4.03. The van der Waals surface area contributed by atoms with Gasteiger partial charge >= 0.3 is 5.97 Å². The third-order valence-electron chi connectivity index (χ3n) is 3.29. The van der Waals surface area contributed by atoms with E-state index in [0.717, 1.165) is 0 Å². The molecule has 0 unspecified atom stereocenters. The average molecular weight is 314 g/mol. The summed E-state index contributed by atoms with van der Waals surface area (Å²) in [6.07, 6.45) is 1.36. The van der Waals surface area contributed by atoms with Crippen LogP contribution in [-0.2, 0) is 0 Å². The lowest BCUT2D eigenvalue weighted by Crippen LogP contribution is -1.96. The molecule has 2 N–H and O–H groups in total. The summed E-state index contributed by atoms with van der Waals surface area (Å²) in [5.41, 5.74) is 1.72. The molecule has 1 heterocycles. The molecule has 22 heavy (non-hydrogen) atoms. The van der Waals surface area contributed by atoms with Crippen LogP contribution >= 0.6 is 11.6 Å². The minimum atomic E-state index is -1.22. The number of nitriles is 1. The van der Waals surface area contributed by atoms with Crippen molar-refractivity contribution in [3.05, 3.63) is 52.7 Å². The second-order valence-electron chi connectivity index (χ2n) is 4.63. The molecule has 0 aliphatic rings. The number of aromatic carboxylic acids is 1. The topological polar surface area (TPSA) is 94.5 Å². The lowest BCUT2D eigenvalue weighted by atomic mass is 9.99. The Balaban J connectivity index is 2.28. The van der Waals surface area contributed by atoms with Crippen molar-refractivity contribution >= 4 is 28.5 Å². The molecule has 108 valence electrons. The Bertz CT molecular complexity index is 953. The minimum Gasteiger partial charge on any atom is -0.507 e. The van der Waals surface area contributed by atoms with Crippen LogP contribution in [-0.4, -0.2) is 16.2 Å². The van der Waals surface area contributed by atoms with E-state index in [4.69, 9.17) is 26.4 Å². The van der Waals surface area contributed by atoms with Crippen molar-refractivity contribution in [2.24, 2.45) is 0 Å². The largest absolute Gasteiger partial charge is 0.507 e. The van der Waals surface area contributed by atoms with E-state index in [1.165, 1.54) is 24.5 Å². The smallest absolute Gasteiger partial charge is 0.339 e. The molecule has 0 saturated carbocycles. The number of halogens is 1. The molecule has 0 fully saturated rings. The van der Waals surface area contributed by atoms with Crippen LogP contribution in [0.4, 0.5) is 0 Å². The zero-order valence-electron chi connectivity index (χ0n) is 11.0. The van der Waals surface area contributed by atoms with Gasteiger partial charge < -0.3 is 14.6 Å². The fourth-order valence-electron chi connectivity index (χ4n) is 2.27. The monoisotopic (exact) mass is 313 g/mol. The summed E-state index contributed by atoms with van der Waals surface area (Å²) in [6, 6.07) is 9.38. The Kier molecular flexibility index (Phi) is 3.24. The Hall–Kier alpha value is -2.97. The third-order valence-corrected chi connectivity index (χ3v) is 3.59. The van der Waals surface area contributed by atoms with Crippen molar-refractivity contribution in [1.82, 2.24) is 0 Å². The number of phenols is 1. The van der Waals surface area contributed by atoms with Gasteiger partial charge in [-0.15, -0.1) is 0 Å². The highest BCUT2D eigenvalue weighted by Gasteiger charge is 2.15. The molecule has 6 heteroatoms. The molecule has 0 aliphatic heterocycles. The Morgan fingerprint density at radius 2 is 2.05 bits per heavy atom. The molecule has 0 atom stereocenters. The zero-order chi connectivity index (χ0) is 15.9. The first-order valence-corrected chi connectivity index (χ1v) is 6.56. The summed E-state index contributed by atoms with van der Waals surface area (Å²) in [4.78, 5) is 10.9. The van der Waals surface area contributed by atoms with Crippen LogP contribution in [0.15, 0.2) is 41.0 Å². The predicted molar refractivity (Wildman–Crippen MR) is 80.0 cm³/mol. The molecular formula is C16H8ClNO4. The number of fused-ring (bicyclic) bond motifs is 1. The van der Waals surface area contributed by atoms with E-state index in [9.17, 15) is 9.90 Å². The highest BCUT2D eigenvalue weighted by atomic mass is 35.5. The fourth-order valence-corrected chi connectivity index (χ4v) is 2.45. The van der Waals surface area contributed by atoms with Gasteiger partial charge in [0.05, 0.1) is 16.7 Å². The Labute approximate surface area is 129 Å². The number of carboxylic acid groups (broad SMARTS) is 1. The molecule has 0 saturated heterocycles. The molecule has 3 rings (SSSR count). The van der Waals surface area contributed by atoms with Crippen molar-refractivity contribution in [1.29, 1.82) is 5.26 Å². The van der Waals surface area contributed by atoms with Crippen molar-refractivity contribution in [2.75, 3.05) is 0 Å². The molecule has 0 bridgehead atoms. The quantitative estimate of drug-likeness (QED) is 0.744. The molecule has 1 aromatic heterocycles. The fraction of sp³-hybridized carbons (Fsp3) is 0. The molecule has 5 nitrogen and oxygen atoms in total. The molecule has 0 spiro atoms. The van der Waals surface area contributed by atoms with Crippen LogP contribution in [0.5, 0.6) is 5.75 Å². The summed E-state index contributed by atoms with van der Waals surface area (Å²) in [5, 5.41) is 28.8. The number of carboxylic acids is 1. The van der Waals surface area contributed by atoms with Gasteiger partial charge in [0.2, 0.25) is 0 Å². The normalized spacial score (nSPS) is 10.5. The van der Waals surface area contributed by atoms with Gasteiger partial charge in [0.1, 0.15) is 23.2 Å². The number of furan rings is 1. The van der Waals surface area contributed by atoms with Gasteiger partial charge in [-0.2, -0.15) is 5.26 Å². The van der Waals surface area contributed by atoms with Gasteiger partial charge in [-0.3, -0.25) is 0 Å².